The van der Waals surface area contributed by atoms with Crippen LogP contribution in [0.25, 0.3) is 0 Å². The summed E-state index contributed by atoms with van der Waals surface area (Å²) in [6.45, 7) is 7.18. The highest BCUT2D eigenvalue weighted by Gasteiger charge is 2.23. The molecule has 0 amide bonds. The third kappa shape index (κ3) is 4.31. The molecule has 1 aliphatic heterocycles. The zero-order chi connectivity index (χ0) is 14.6. The second kappa shape index (κ2) is 6.71. The van der Waals surface area contributed by atoms with Crippen LogP contribution in [0.3, 0.4) is 0 Å². The van der Waals surface area contributed by atoms with Crippen LogP contribution in [-0.2, 0) is 23.1 Å². The van der Waals surface area contributed by atoms with Gasteiger partial charge in [-0.25, -0.2) is 8.42 Å². The van der Waals surface area contributed by atoms with Crippen LogP contribution in [0, 0.1) is 0 Å². The van der Waals surface area contributed by atoms with E-state index in [1.54, 1.807) is 6.26 Å². The van der Waals surface area contributed by atoms with Gasteiger partial charge in [-0.2, -0.15) is 4.31 Å². The second-order valence-corrected chi connectivity index (χ2v) is 7.12. The Hall–Kier alpha value is -0.890. The summed E-state index contributed by atoms with van der Waals surface area (Å²) < 4.78 is 29.9. The molecule has 1 aromatic rings. The summed E-state index contributed by atoms with van der Waals surface area (Å²) in [4.78, 5) is 2.22. The predicted molar refractivity (Wildman–Crippen MR) is 77.8 cm³/mol. The van der Waals surface area contributed by atoms with E-state index < -0.39 is 10.0 Å². The third-order valence-corrected chi connectivity index (χ3v) is 4.77. The normalized spacial score (nSPS) is 18.5. The first-order valence-corrected chi connectivity index (χ1v) is 8.78. The Morgan fingerprint density at radius 3 is 2.60 bits per heavy atom. The van der Waals surface area contributed by atoms with Gasteiger partial charge in [0.1, 0.15) is 5.76 Å². The van der Waals surface area contributed by atoms with Crippen molar-refractivity contribution in [3.05, 3.63) is 23.7 Å². The van der Waals surface area contributed by atoms with Crippen molar-refractivity contribution < 1.29 is 12.8 Å². The van der Waals surface area contributed by atoms with Crippen LogP contribution < -0.4 is 5.32 Å². The molecule has 0 saturated carbocycles. The molecular formula is C13H23N3O3S. The number of nitrogens with one attached hydrogen (secondary N) is 1. The van der Waals surface area contributed by atoms with Gasteiger partial charge in [0.05, 0.1) is 19.1 Å². The summed E-state index contributed by atoms with van der Waals surface area (Å²) in [5.74, 6) is 0.936. The minimum atomic E-state index is -3.05. The van der Waals surface area contributed by atoms with Gasteiger partial charge in [0.2, 0.25) is 10.0 Å². The van der Waals surface area contributed by atoms with Crippen molar-refractivity contribution in [1.29, 1.82) is 0 Å². The van der Waals surface area contributed by atoms with Crippen LogP contribution in [0.5, 0.6) is 0 Å². The minimum absolute atomic E-state index is 0.559. The summed E-state index contributed by atoms with van der Waals surface area (Å²) in [7, 11) is -3.05. The Morgan fingerprint density at radius 2 is 2.00 bits per heavy atom. The van der Waals surface area contributed by atoms with Gasteiger partial charge in [0.25, 0.3) is 0 Å². The summed E-state index contributed by atoms with van der Waals surface area (Å²) in [5, 5.41) is 3.26. The fourth-order valence-corrected chi connectivity index (χ4v) is 3.14. The number of hydrogen-bond acceptors (Lipinski definition) is 5. The van der Waals surface area contributed by atoms with E-state index in [0.717, 1.165) is 44.0 Å². The van der Waals surface area contributed by atoms with Gasteiger partial charge in [-0.05, 0) is 12.6 Å². The number of furan rings is 1. The van der Waals surface area contributed by atoms with E-state index in [2.05, 4.69) is 23.2 Å². The van der Waals surface area contributed by atoms with Gasteiger partial charge in [0, 0.05) is 38.3 Å². The van der Waals surface area contributed by atoms with Crippen LogP contribution in [0.1, 0.15) is 18.2 Å². The monoisotopic (exact) mass is 301 g/mol. The van der Waals surface area contributed by atoms with Crippen LogP contribution in [0.2, 0.25) is 0 Å². The SMILES string of the molecule is CCNCc1coc(CN2CCN(S(C)(=O)=O)CC2)c1. The number of piperazine rings is 1. The fourth-order valence-electron chi connectivity index (χ4n) is 2.31. The largest absolute Gasteiger partial charge is 0.468 e. The van der Waals surface area contributed by atoms with E-state index in [1.807, 2.05) is 0 Å². The Balaban J connectivity index is 1.82. The summed E-state index contributed by atoms with van der Waals surface area (Å²) in [6.07, 6.45) is 3.05. The van der Waals surface area contributed by atoms with Crippen molar-refractivity contribution in [2.24, 2.45) is 0 Å². The zero-order valence-corrected chi connectivity index (χ0v) is 12.9. The lowest BCUT2D eigenvalue weighted by atomic mass is 10.3. The van der Waals surface area contributed by atoms with Crippen molar-refractivity contribution in [2.45, 2.75) is 20.0 Å². The van der Waals surface area contributed by atoms with E-state index in [0.29, 0.717) is 13.1 Å². The summed E-state index contributed by atoms with van der Waals surface area (Å²) in [5.41, 5.74) is 1.15. The van der Waals surface area contributed by atoms with Gasteiger partial charge in [0.15, 0.2) is 0 Å². The van der Waals surface area contributed by atoms with Crippen molar-refractivity contribution in [3.8, 4) is 0 Å². The Kier molecular flexibility index (Phi) is 5.20. The molecule has 0 aliphatic carbocycles. The van der Waals surface area contributed by atoms with E-state index >= 15 is 0 Å². The fraction of sp³-hybridized carbons (Fsp3) is 0.692. The molecule has 7 heteroatoms. The van der Waals surface area contributed by atoms with Crippen LogP contribution in [0.15, 0.2) is 16.7 Å². The van der Waals surface area contributed by atoms with Crippen molar-refractivity contribution >= 4 is 10.0 Å². The van der Waals surface area contributed by atoms with Gasteiger partial charge in [-0.1, -0.05) is 6.92 Å². The van der Waals surface area contributed by atoms with E-state index in [-0.39, 0.29) is 0 Å². The minimum Gasteiger partial charge on any atom is -0.468 e. The summed E-state index contributed by atoms with van der Waals surface area (Å²) >= 11 is 0. The first kappa shape index (κ1) is 15.5. The number of rotatable bonds is 6. The first-order valence-electron chi connectivity index (χ1n) is 6.93. The smallest absolute Gasteiger partial charge is 0.211 e. The molecule has 20 heavy (non-hydrogen) atoms. The molecule has 6 nitrogen and oxygen atoms in total. The van der Waals surface area contributed by atoms with Gasteiger partial charge < -0.3 is 9.73 Å². The Bertz CT molecular complexity index is 519. The highest BCUT2D eigenvalue weighted by Crippen LogP contribution is 2.13. The van der Waals surface area contributed by atoms with Crippen molar-refractivity contribution in [3.63, 3.8) is 0 Å². The lowest BCUT2D eigenvalue weighted by molar-refractivity contribution is 0.171. The lowest BCUT2D eigenvalue weighted by Crippen LogP contribution is -2.47. The van der Waals surface area contributed by atoms with Gasteiger partial charge in [-0.15, -0.1) is 0 Å². The molecule has 0 spiro atoms. The topological polar surface area (TPSA) is 65.8 Å². The zero-order valence-electron chi connectivity index (χ0n) is 12.1. The molecule has 2 heterocycles. The second-order valence-electron chi connectivity index (χ2n) is 5.14. The molecule has 0 aromatic carbocycles. The van der Waals surface area contributed by atoms with Crippen LogP contribution in [0.4, 0.5) is 0 Å². The maximum Gasteiger partial charge on any atom is 0.211 e. The van der Waals surface area contributed by atoms with E-state index in [4.69, 9.17) is 4.42 Å². The van der Waals surface area contributed by atoms with Gasteiger partial charge in [-0.3, -0.25) is 4.90 Å². The standard InChI is InChI=1S/C13H23N3O3S/c1-3-14-9-12-8-13(19-11-12)10-15-4-6-16(7-5-15)20(2,17)18/h8,11,14H,3-7,9-10H2,1-2H3. The maximum atomic E-state index is 11.4. The number of sulfonamides is 1. The molecule has 0 unspecified atom stereocenters. The molecule has 0 radical (unpaired) electrons. The molecule has 1 aliphatic rings. The van der Waals surface area contributed by atoms with Gasteiger partial charge >= 0.3 is 0 Å². The summed E-state index contributed by atoms with van der Waals surface area (Å²) in [6, 6.07) is 2.06. The molecule has 0 bridgehead atoms. The highest BCUT2D eigenvalue weighted by atomic mass is 32.2. The quantitative estimate of drug-likeness (QED) is 0.827. The molecule has 0 atom stereocenters. The number of nitrogens with zero attached hydrogens (tertiary/aromatic N) is 2. The van der Waals surface area contributed by atoms with Crippen LogP contribution >= 0.6 is 0 Å². The van der Waals surface area contributed by atoms with Crippen LogP contribution in [-0.4, -0.2) is 56.6 Å². The van der Waals surface area contributed by atoms with Crippen molar-refractivity contribution in [2.75, 3.05) is 39.0 Å². The van der Waals surface area contributed by atoms with E-state index in [1.165, 1.54) is 10.6 Å². The number of hydrogen-bond donors (Lipinski definition) is 1. The maximum absolute atomic E-state index is 11.4. The Morgan fingerprint density at radius 1 is 1.30 bits per heavy atom. The molecule has 1 aromatic heterocycles. The molecule has 1 fully saturated rings. The first-order chi connectivity index (χ1) is 9.49. The Labute approximate surface area is 120 Å². The predicted octanol–water partition coefficient (Wildman–Crippen LogP) is 0.466. The third-order valence-electron chi connectivity index (χ3n) is 3.47. The average Bonchev–Trinajstić information content (AvgIpc) is 2.83. The molecule has 114 valence electrons. The average molecular weight is 301 g/mol. The molecular weight excluding hydrogens is 278 g/mol. The molecule has 1 saturated heterocycles. The highest BCUT2D eigenvalue weighted by molar-refractivity contribution is 7.88. The molecule has 2 rings (SSSR count). The van der Waals surface area contributed by atoms with Crippen molar-refractivity contribution in [1.82, 2.24) is 14.5 Å². The lowest BCUT2D eigenvalue weighted by Gasteiger charge is -2.32. The molecule has 1 N–H and O–H groups in total. The van der Waals surface area contributed by atoms with E-state index in [9.17, 15) is 8.42 Å².